The fraction of sp³-hybridized carbons (Fsp3) is 0.577. The van der Waals surface area contributed by atoms with Crippen LogP contribution in [0.3, 0.4) is 0 Å². The molecule has 0 unspecified atom stereocenters. The molecule has 3 aromatic rings. The van der Waals surface area contributed by atoms with E-state index in [1.165, 1.54) is 24.6 Å². The maximum absolute atomic E-state index is 13.3. The molecular formula is C26H34ClN5O2S2. The lowest BCUT2D eigenvalue weighted by atomic mass is 9.67. The molecule has 3 heterocycles. The van der Waals surface area contributed by atoms with Crippen LogP contribution >= 0.6 is 23.4 Å². The van der Waals surface area contributed by atoms with Crippen LogP contribution < -0.4 is 10.3 Å². The summed E-state index contributed by atoms with van der Waals surface area (Å²) in [6, 6.07) is 4.03. The lowest BCUT2D eigenvalue weighted by Gasteiger charge is -2.42. The number of aromatic nitrogens is 4. The maximum atomic E-state index is 13.3. The third-order valence-electron chi connectivity index (χ3n) is 7.93. The van der Waals surface area contributed by atoms with Crippen LogP contribution in [-0.2, 0) is 18.4 Å². The minimum absolute atomic E-state index is 0.0456. The monoisotopic (exact) mass is 547 g/mol. The molecule has 1 N–H and O–H groups in total. The molecule has 2 atom stereocenters. The minimum Gasteiger partial charge on any atom is -0.598 e. The Balaban J connectivity index is 1.30. The van der Waals surface area contributed by atoms with Gasteiger partial charge < -0.3 is 4.55 Å². The van der Waals surface area contributed by atoms with Gasteiger partial charge in [0.15, 0.2) is 0 Å². The predicted octanol–water partition coefficient (Wildman–Crippen LogP) is 5.48. The Kier molecular flexibility index (Phi) is 7.24. The zero-order chi connectivity index (χ0) is 25.7. The van der Waals surface area contributed by atoms with E-state index in [9.17, 15) is 9.35 Å². The average molecular weight is 548 g/mol. The van der Waals surface area contributed by atoms with Gasteiger partial charge in [-0.1, -0.05) is 29.8 Å². The number of halogens is 1. The van der Waals surface area contributed by atoms with E-state index in [0.717, 1.165) is 48.3 Å². The van der Waals surface area contributed by atoms with Crippen molar-refractivity contribution in [3.05, 3.63) is 51.9 Å². The predicted molar refractivity (Wildman–Crippen MR) is 146 cm³/mol. The normalized spacial score (nSPS) is 25.6. The van der Waals surface area contributed by atoms with Crippen molar-refractivity contribution in [1.29, 1.82) is 0 Å². The second kappa shape index (κ2) is 9.98. The molecule has 0 bridgehead atoms. The zero-order valence-electron chi connectivity index (χ0n) is 21.3. The van der Waals surface area contributed by atoms with Gasteiger partial charge in [-0.05, 0) is 76.8 Å². The van der Waals surface area contributed by atoms with E-state index in [2.05, 4.69) is 9.82 Å². The van der Waals surface area contributed by atoms with Gasteiger partial charge in [0, 0.05) is 41.6 Å². The van der Waals surface area contributed by atoms with E-state index in [0.29, 0.717) is 16.0 Å². The maximum Gasteiger partial charge on any atom is 0.267 e. The van der Waals surface area contributed by atoms with Crippen LogP contribution in [0.25, 0.3) is 5.52 Å². The number of pyridine rings is 1. The van der Waals surface area contributed by atoms with Crippen molar-refractivity contribution in [1.82, 2.24) is 23.9 Å². The summed E-state index contributed by atoms with van der Waals surface area (Å²) in [4.78, 5) is 19.4. The van der Waals surface area contributed by atoms with Gasteiger partial charge in [-0.3, -0.25) is 9.36 Å². The highest BCUT2D eigenvalue weighted by molar-refractivity contribution is 7.99. The second-order valence-electron chi connectivity index (χ2n) is 11.2. The molecule has 194 valence electrons. The average Bonchev–Trinajstić information content (AvgIpc) is 3.47. The summed E-state index contributed by atoms with van der Waals surface area (Å²) in [6.07, 6.45) is 12.8. The molecule has 2 saturated carbocycles. The summed E-state index contributed by atoms with van der Waals surface area (Å²) >= 11 is 6.86. The first-order valence-corrected chi connectivity index (χ1v) is 15.0. The van der Waals surface area contributed by atoms with Gasteiger partial charge in [-0.25, -0.2) is 9.50 Å². The minimum atomic E-state index is -1.06. The first-order chi connectivity index (χ1) is 17.1. The van der Waals surface area contributed by atoms with Gasteiger partial charge in [0.1, 0.15) is 10.6 Å². The van der Waals surface area contributed by atoms with E-state index < -0.39 is 11.4 Å². The lowest BCUT2D eigenvalue weighted by Crippen LogP contribution is -2.50. The molecule has 2 fully saturated rings. The summed E-state index contributed by atoms with van der Waals surface area (Å²) in [7, 11) is 1.83. The Morgan fingerprint density at radius 1 is 1.19 bits per heavy atom. The number of hydrogen-bond acceptors (Lipinski definition) is 6. The largest absolute Gasteiger partial charge is 0.598 e. The summed E-state index contributed by atoms with van der Waals surface area (Å²) < 4.78 is 19.4. The van der Waals surface area contributed by atoms with E-state index in [1.54, 1.807) is 21.5 Å². The molecule has 0 aliphatic heterocycles. The fourth-order valence-corrected chi connectivity index (χ4v) is 8.00. The molecule has 0 aromatic carbocycles. The van der Waals surface area contributed by atoms with E-state index in [4.69, 9.17) is 16.6 Å². The number of rotatable bonds is 5. The zero-order valence-corrected chi connectivity index (χ0v) is 23.7. The molecule has 5 rings (SSSR count). The van der Waals surface area contributed by atoms with Crippen molar-refractivity contribution in [2.75, 3.05) is 0 Å². The second-order valence-corrected chi connectivity index (χ2v) is 14.6. The van der Waals surface area contributed by atoms with Crippen molar-refractivity contribution in [2.24, 2.45) is 12.5 Å². The van der Waals surface area contributed by atoms with Crippen LogP contribution in [0.2, 0.25) is 5.02 Å². The van der Waals surface area contributed by atoms with Crippen molar-refractivity contribution in [2.45, 2.75) is 92.2 Å². The summed E-state index contributed by atoms with van der Waals surface area (Å²) in [6.45, 7) is 6.06. The first kappa shape index (κ1) is 26.1. The first-order valence-electron chi connectivity index (χ1n) is 12.6. The highest BCUT2D eigenvalue weighted by atomic mass is 35.5. The Morgan fingerprint density at radius 2 is 1.94 bits per heavy atom. The van der Waals surface area contributed by atoms with E-state index in [-0.39, 0.29) is 21.6 Å². The standard InChI is InChI=1S/C26H34ClN5O2S2/c1-25(2,3)36(34)30-21-6-5-11-26(21)12-7-17(8-13-26)23-28-16-20(24(33)31(23)4)35-19-10-15-32-18(22(19)27)9-14-29-32/h9-10,14-17,21,30H,5-8,11-13H2,1-4H3/t17?,21-,26?,36-/m1/s1. The van der Waals surface area contributed by atoms with Crippen LogP contribution in [0.15, 0.2) is 45.3 Å². The van der Waals surface area contributed by atoms with Gasteiger partial charge in [0.05, 0.1) is 27.7 Å². The molecule has 7 nitrogen and oxygen atoms in total. The molecule has 10 heteroatoms. The summed E-state index contributed by atoms with van der Waals surface area (Å²) in [5, 5.41) is 4.78. The van der Waals surface area contributed by atoms with E-state index >= 15 is 0 Å². The molecule has 3 aromatic heterocycles. The van der Waals surface area contributed by atoms with Gasteiger partial charge in [0.25, 0.3) is 5.56 Å². The number of hydrogen-bond donors (Lipinski definition) is 1. The van der Waals surface area contributed by atoms with Crippen LogP contribution in [0, 0.1) is 5.41 Å². The van der Waals surface area contributed by atoms with Gasteiger partial charge in [-0.2, -0.15) is 5.10 Å². The number of nitrogens with zero attached hydrogens (tertiary/aromatic N) is 4. The van der Waals surface area contributed by atoms with Crippen molar-refractivity contribution < 1.29 is 4.55 Å². The lowest BCUT2D eigenvalue weighted by molar-refractivity contribution is 0.146. The van der Waals surface area contributed by atoms with E-state index in [1.807, 2.05) is 46.1 Å². The molecule has 36 heavy (non-hydrogen) atoms. The van der Waals surface area contributed by atoms with Crippen LogP contribution in [0.4, 0.5) is 0 Å². The Hall–Kier alpha value is -1.52. The fourth-order valence-electron chi connectivity index (χ4n) is 5.80. The number of nitrogens with one attached hydrogen (secondary N) is 1. The smallest absolute Gasteiger partial charge is 0.267 e. The van der Waals surface area contributed by atoms with Crippen molar-refractivity contribution >= 4 is 40.2 Å². The Labute approximate surface area is 224 Å². The van der Waals surface area contributed by atoms with Gasteiger partial charge in [0.2, 0.25) is 0 Å². The highest BCUT2D eigenvalue weighted by Crippen LogP contribution is 2.52. The van der Waals surface area contributed by atoms with Gasteiger partial charge in [-0.15, -0.1) is 4.72 Å². The molecule has 2 aliphatic carbocycles. The Bertz CT molecular complexity index is 1310. The van der Waals surface area contributed by atoms with Crippen molar-refractivity contribution in [3.63, 3.8) is 0 Å². The van der Waals surface area contributed by atoms with Crippen molar-refractivity contribution in [3.8, 4) is 0 Å². The molecular weight excluding hydrogens is 514 g/mol. The van der Waals surface area contributed by atoms with Crippen LogP contribution in [0.1, 0.15) is 77.5 Å². The third kappa shape index (κ3) is 4.85. The molecule has 2 aliphatic rings. The molecule has 0 radical (unpaired) electrons. The quantitative estimate of drug-likeness (QED) is 0.425. The van der Waals surface area contributed by atoms with Crippen LogP contribution in [-0.4, -0.2) is 34.5 Å². The van der Waals surface area contributed by atoms with Crippen LogP contribution in [0.5, 0.6) is 0 Å². The summed E-state index contributed by atoms with van der Waals surface area (Å²) in [5.74, 6) is 1.12. The molecule has 0 saturated heterocycles. The number of fused-ring (bicyclic) bond motifs is 1. The molecule has 0 amide bonds. The molecule has 1 spiro atoms. The topological polar surface area (TPSA) is 87.3 Å². The van der Waals surface area contributed by atoms with Gasteiger partial charge >= 0.3 is 0 Å². The summed E-state index contributed by atoms with van der Waals surface area (Å²) in [5.41, 5.74) is 0.968. The SMILES string of the molecule is Cn1c(C2CCC3(CCC[C@H]3N[S@+]([O-])C(C)(C)C)CC2)ncc(Sc2ccn3nccc3c2Cl)c1=O. The third-order valence-corrected chi connectivity index (χ3v) is 11.1. The Morgan fingerprint density at radius 3 is 2.67 bits per heavy atom. The highest BCUT2D eigenvalue weighted by Gasteiger charge is 2.48.